The van der Waals surface area contributed by atoms with Crippen molar-refractivity contribution in [2.45, 2.75) is 0 Å². The van der Waals surface area contributed by atoms with Crippen LogP contribution >= 0.6 is 15.9 Å². The fraction of sp³-hybridized carbons (Fsp3) is 0.250. The number of ether oxygens (including phenoxy) is 1. The zero-order valence-corrected chi connectivity index (χ0v) is 5.06. The van der Waals surface area contributed by atoms with Gasteiger partial charge >= 0.3 is 0 Å². The van der Waals surface area contributed by atoms with Crippen LogP contribution in [0.5, 0.6) is 0 Å². The second-order valence-corrected chi connectivity index (χ2v) is 2.05. The highest BCUT2D eigenvalue weighted by Crippen LogP contribution is 2.11. The number of ketones is 1. The minimum Gasteiger partial charge on any atom is -0.492 e. The summed E-state index contributed by atoms with van der Waals surface area (Å²) in [5.41, 5.74) is 0. The van der Waals surface area contributed by atoms with Crippen LogP contribution in [0.3, 0.4) is 0 Å². The molecule has 2 nitrogen and oxygen atoms in total. The molecule has 3 heteroatoms. The van der Waals surface area contributed by atoms with Gasteiger partial charge in [0.05, 0.1) is 4.48 Å². The van der Waals surface area contributed by atoms with E-state index >= 15 is 0 Å². The van der Waals surface area contributed by atoms with Crippen LogP contribution in [-0.4, -0.2) is 12.4 Å². The number of carbonyl (C=O) groups is 1. The Labute approximate surface area is 49.3 Å². The average Bonchev–Trinajstić information content (AvgIpc) is 1.91. The van der Waals surface area contributed by atoms with Gasteiger partial charge in [-0.05, 0) is 15.9 Å². The predicted octanol–water partition coefficient (Wildman–Crippen LogP) is 0.822. The molecule has 0 atom stereocenters. The molecule has 0 bridgehead atoms. The molecule has 0 aromatic rings. The fourth-order valence-electron chi connectivity index (χ4n) is 0.325. The van der Waals surface area contributed by atoms with Gasteiger partial charge in [-0.1, -0.05) is 0 Å². The third-order valence-electron chi connectivity index (χ3n) is 0.668. The van der Waals surface area contributed by atoms with Gasteiger partial charge in [-0.3, -0.25) is 4.79 Å². The molecule has 0 aromatic heterocycles. The standard InChI is InChI=1S/C4H3BrO2/c5-3-1-7-2-4(3)6/h1H,2H2. The highest BCUT2D eigenvalue weighted by molar-refractivity contribution is 9.12. The molecule has 1 aliphatic heterocycles. The molecule has 0 radical (unpaired) electrons. The zero-order chi connectivity index (χ0) is 5.28. The van der Waals surface area contributed by atoms with Crippen molar-refractivity contribution in [3.05, 3.63) is 10.7 Å². The first kappa shape index (κ1) is 4.84. The summed E-state index contributed by atoms with van der Waals surface area (Å²) in [4.78, 5) is 10.3. The number of Topliss-reactive ketones (excluding diaryl/α,β-unsaturated/α-hetero) is 1. The smallest absolute Gasteiger partial charge is 0.210 e. The van der Waals surface area contributed by atoms with Gasteiger partial charge < -0.3 is 4.74 Å². The van der Waals surface area contributed by atoms with Gasteiger partial charge in [-0.25, -0.2) is 0 Å². The summed E-state index contributed by atoms with van der Waals surface area (Å²) in [6, 6.07) is 0. The summed E-state index contributed by atoms with van der Waals surface area (Å²) < 4.78 is 5.15. The Morgan fingerprint density at radius 3 is 2.71 bits per heavy atom. The summed E-state index contributed by atoms with van der Waals surface area (Å²) in [6.45, 7) is 0.195. The van der Waals surface area contributed by atoms with Crippen molar-refractivity contribution in [1.29, 1.82) is 0 Å². The van der Waals surface area contributed by atoms with E-state index < -0.39 is 0 Å². The summed E-state index contributed by atoms with van der Waals surface area (Å²) in [6.07, 6.45) is 1.41. The van der Waals surface area contributed by atoms with Crippen molar-refractivity contribution in [2.24, 2.45) is 0 Å². The number of carbonyl (C=O) groups excluding carboxylic acids is 1. The Kier molecular flexibility index (Phi) is 1.15. The van der Waals surface area contributed by atoms with Gasteiger partial charge in [0, 0.05) is 0 Å². The molecular formula is C4H3BrO2. The lowest BCUT2D eigenvalue weighted by Crippen LogP contribution is -1.95. The Hall–Kier alpha value is -0.310. The number of rotatable bonds is 0. The topological polar surface area (TPSA) is 26.3 Å². The Bertz CT molecular complexity index is 128. The highest BCUT2D eigenvalue weighted by atomic mass is 79.9. The second kappa shape index (κ2) is 1.66. The molecule has 7 heavy (non-hydrogen) atoms. The maximum atomic E-state index is 10.3. The molecule has 0 saturated heterocycles. The lowest BCUT2D eigenvalue weighted by atomic mass is 10.4. The van der Waals surface area contributed by atoms with E-state index in [1.54, 1.807) is 0 Å². The van der Waals surface area contributed by atoms with E-state index in [4.69, 9.17) is 0 Å². The molecular weight excluding hydrogens is 160 g/mol. The normalized spacial score (nSPS) is 19.0. The van der Waals surface area contributed by atoms with Crippen LogP contribution in [0.4, 0.5) is 0 Å². The van der Waals surface area contributed by atoms with Crippen LogP contribution in [0.25, 0.3) is 0 Å². The van der Waals surface area contributed by atoms with Crippen LogP contribution in [-0.2, 0) is 9.53 Å². The maximum absolute atomic E-state index is 10.3. The second-order valence-electron chi connectivity index (χ2n) is 1.20. The SMILES string of the molecule is O=C1COC=C1Br. The largest absolute Gasteiger partial charge is 0.492 e. The molecule has 0 spiro atoms. The predicted molar refractivity (Wildman–Crippen MR) is 28.0 cm³/mol. The first-order valence-corrected chi connectivity index (χ1v) is 2.60. The van der Waals surface area contributed by atoms with Crippen LogP contribution in [0.15, 0.2) is 10.7 Å². The van der Waals surface area contributed by atoms with E-state index in [1.165, 1.54) is 6.26 Å². The fourth-order valence-corrected chi connectivity index (χ4v) is 0.572. The molecule has 0 N–H and O–H groups in total. The van der Waals surface area contributed by atoms with Gasteiger partial charge in [-0.2, -0.15) is 0 Å². The average molecular weight is 163 g/mol. The van der Waals surface area contributed by atoms with Crippen molar-refractivity contribution >= 4 is 21.7 Å². The third-order valence-corrected chi connectivity index (χ3v) is 1.30. The van der Waals surface area contributed by atoms with Crippen molar-refractivity contribution in [1.82, 2.24) is 0 Å². The molecule has 0 aromatic carbocycles. The molecule has 1 heterocycles. The van der Waals surface area contributed by atoms with Crippen LogP contribution in [0, 0.1) is 0 Å². The maximum Gasteiger partial charge on any atom is 0.210 e. The van der Waals surface area contributed by atoms with E-state index in [-0.39, 0.29) is 12.4 Å². The Morgan fingerprint density at radius 2 is 2.57 bits per heavy atom. The van der Waals surface area contributed by atoms with Gasteiger partial charge in [0.15, 0.2) is 6.61 Å². The monoisotopic (exact) mass is 162 g/mol. The number of hydrogen-bond acceptors (Lipinski definition) is 2. The summed E-state index contributed by atoms with van der Waals surface area (Å²) in [7, 11) is 0. The van der Waals surface area contributed by atoms with E-state index in [1.807, 2.05) is 0 Å². The van der Waals surface area contributed by atoms with E-state index in [9.17, 15) is 4.79 Å². The molecule has 1 rings (SSSR count). The Morgan fingerprint density at radius 1 is 1.86 bits per heavy atom. The molecule has 0 amide bonds. The van der Waals surface area contributed by atoms with Crippen molar-refractivity contribution < 1.29 is 9.53 Å². The van der Waals surface area contributed by atoms with Gasteiger partial charge in [0.25, 0.3) is 0 Å². The van der Waals surface area contributed by atoms with Crippen molar-refractivity contribution in [3.8, 4) is 0 Å². The minimum absolute atomic E-state index is 0.0139. The van der Waals surface area contributed by atoms with Gasteiger partial charge in [0.1, 0.15) is 6.26 Å². The quantitative estimate of drug-likeness (QED) is 0.528. The van der Waals surface area contributed by atoms with Crippen LogP contribution in [0.1, 0.15) is 0 Å². The van der Waals surface area contributed by atoms with E-state index in [0.717, 1.165) is 0 Å². The lowest BCUT2D eigenvalue weighted by Gasteiger charge is -1.79. The van der Waals surface area contributed by atoms with Gasteiger partial charge in [-0.15, -0.1) is 0 Å². The highest BCUT2D eigenvalue weighted by Gasteiger charge is 2.11. The lowest BCUT2D eigenvalue weighted by molar-refractivity contribution is -0.115. The van der Waals surface area contributed by atoms with Gasteiger partial charge in [0.2, 0.25) is 5.78 Å². The minimum atomic E-state index is 0.0139. The molecule has 0 saturated carbocycles. The Balaban J connectivity index is 2.72. The van der Waals surface area contributed by atoms with E-state index in [2.05, 4.69) is 20.7 Å². The number of hydrogen-bond donors (Lipinski definition) is 0. The first-order chi connectivity index (χ1) is 3.30. The summed E-state index contributed by atoms with van der Waals surface area (Å²) in [5.74, 6) is 0.0139. The molecule has 0 unspecified atom stereocenters. The third kappa shape index (κ3) is 0.825. The van der Waals surface area contributed by atoms with Crippen molar-refractivity contribution in [3.63, 3.8) is 0 Å². The van der Waals surface area contributed by atoms with Crippen LogP contribution < -0.4 is 0 Å². The van der Waals surface area contributed by atoms with E-state index in [0.29, 0.717) is 4.48 Å². The first-order valence-electron chi connectivity index (χ1n) is 1.81. The summed E-state index contributed by atoms with van der Waals surface area (Å²) in [5, 5.41) is 0. The van der Waals surface area contributed by atoms with Crippen LogP contribution in [0.2, 0.25) is 0 Å². The molecule has 0 aliphatic carbocycles. The van der Waals surface area contributed by atoms with Crippen molar-refractivity contribution in [2.75, 3.05) is 6.61 Å². The molecule has 38 valence electrons. The number of halogens is 1. The molecule has 0 fully saturated rings. The summed E-state index contributed by atoms with van der Waals surface area (Å²) >= 11 is 2.99. The zero-order valence-electron chi connectivity index (χ0n) is 3.48. The molecule has 1 aliphatic rings.